The van der Waals surface area contributed by atoms with Crippen LogP contribution >= 0.6 is 50.7 Å². The highest BCUT2D eigenvalue weighted by Crippen LogP contribution is 2.48. The van der Waals surface area contributed by atoms with Crippen molar-refractivity contribution >= 4 is 56.4 Å². The first-order chi connectivity index (χ1) is 8.23. The lowest BCUT2D eigenvalue weighted by molar-refractivity contribution is -0.496. The van der Waals surface area contributed by atoms with Gasteiger partial charge in [-0.3, -0.25) is 10.1 Å². The van der Waals surface area contributed by atoms with Crippen molar-refractivity contribution in [2.45, 2.75) is 9.52 Å². The normalized spacial score (nSPS) is 22.0. The highest BCUT2D eigenvalue weighted by molar-refractivity contribution is 9.10. The molecule has 1 aliphatic rings. The maximum absolute atomic E-state index is 10.7. The largest absolute Gasteiger partial charge is 0.454 e. The first-order valence-corrected chi connectivity index (χ1v) is 6.61. The van der Waals surface area contributed by atoms with Gasteiger partial charge in [-0.15, -0.1) is 0 Å². The van der Waals surface area contributed by atoms with Crippen molar-refractivity contribution in [1.82, 2.24) is 0 Å². The SMILES string of the molecule is O=[N+]([O-])C[C@@]1(C(Cl)(Cl)Cl)Nc2cc(Br)ccc2O1. The second kappa shape index (κ2) is 4.59. The molecule has 0 saturated carbocycles. The standard InChI is InChI=1S/C9H6BrCl3N2O3/c10-5-1-2-7-6(3-5)14-8(18-7,4-15(16)17)9(11,12)13/h1-3,14H,4H2/t8-/m1/s1. The number of halogens is 4. The zero-order valence-electron chi connectivity index (χ0n) is 8.62. The molecule has 0 aliphatic carbocycles. The van der Waals surface area contributed by atoms with E-state index in [1.165, 1.54) is 0 Å². The Morgan fingerprint density at radius 3 is 2.72 bits per heavy atom. The Hall–Kier alpha value is -0.430. The molecule has 0 radical (unpaired) electrons. The van der Waals surface area contributed by atoms with E-state index in [4.69, 9.17) is 39.5 Å². The Morgan fingerprint density at radius 2 is 2.17 bits per heavy atom. The third-order valence-electron chi connectivity index (χ3n) is 2.37. The van der Waals surface area contributed by atoms with E-state index in [2.05, 4.69) is 21.2 Å². The quantitative estimate of drug-likeness (QED) is 0.487. The van der Waals surface area contributed by atoms with Gasteiger partial charge in [-0.25, -0.2) is 0 Å². The molecule has 0 unspecified atom stereocenters. The molecule has 9 heteroatoms. The van der Waals surface area contributed by atoms with E-state index >= 15 is 0 Å². The zero-order valence-corrected chi connectivity index (χ0v) is 12.5. The van der Waals surface area contributed by atoms with Gasteiger partial charge in [0.05, 0.1) is 5.69 Å². The molecule has 5 nitrogen and oxygen atoms in total. The van der Waals surface area contributed by atoms with Crippen molar-refractivity contribution in [2.24, 2.45) is 0 Å². The van der Waals surface area contributed by atoms with Crippen molar-refractivity contribution < 1.29 is 9.66 Å². The number of nitro groups is 1. The number of fused-ring (bicyclic) bond motifs is 1. The monoisotopic (exact) mass is 374 g/mol. The van der Waals surface area contributed by atoms with Gasteiger partial charge in [0.25, 0.3) is 16.1 Å². The van der Waals surface area contributed by atoms with Gasteiger partial charge >= 0.3 is 0 Å². The van der Waals surface area contributed by atoms with Gasteiger partial charge in [0.2, 0.25) is 0 Å². The molecule has 2 rings (SSSR count). The van der Waals surface area contributed by atoms with Crippen molar-refractivity contribution in [3.05, 3.63) is 32.8 Å². The molecule has 0 amide bonds. The summed E-state index contributed by atoms with van der Waals surface area (Å²) in [6, 6.07) is 5.04. The Bertz CT molecular complexity index is 508. The highest BCUT2D eigenvalue weighted by Gasteiger charge is 2.59. The number of ether oxygens (including phenoxy) is 1. The van der Waals surface area contributed by atoms with Gasteiger partial charge < -0.3 is 10.1 Å². The van der Waals surface area contributed by atoms with Crippen LogP contribution < -0.4 is 10.1 Å². The molecular formula is C9H6BrCl3N2O3. The molecule has 0 fully saturated rings. The predicted molar refractivity (Wildman–Crippen MR) is 73.3 cm³/mol. The maximum Gasteiger partial charge on any atom is 0.292 e. The van der Waals surface area contributed by atoms with Crippen LogP contribution in [0.5, 0.6) is 5.75 Å². The van der Waals surface area contributed by atoms with E-state index < -0.39 is 21.0 Å². The van der Waals surface area contributed by atoms with Crippen molar-refractivity contribution in [3.63, 3.8) is 0 Å². The molecule has 0 aromatic heterocycles. The lowest BCUT2D eigenvalue weighted by Crippen LogP contribution is -2.57. The molecule has 1 aromatic carbocycles. The summed E-state index contributed by atoms with van der Waals surface area (Å²) in [5.41, 5.74) is -1.19. The van der Waals surface area contributed by atoms with E-state index in [-0.39, 0.29) is 0 Å². The Balaban J connectivity index is 2.40. The lowest BCUT2D eigenvalue weighted by atomic mass is 10.2. The van der Waals surface area contributed by atoms with E-state index in [1.807, 2.05) is 0 Å². The van der Waals surface area contributed by atoms with E-state index in [0.29, 0.717) is 11.4 Å². The molecule has 0 spiro atoms. The first kappa shape index (κ1) is 14.0. The number of hydrogen-bond donors (Lipinski definition) is 1. The lowest BCUT2D eigenvalue weighted by Gasteiger charge is -2.31. The van der Waals surface area contributed by atoms with Crippen molar-refractivity contribution in [1.29, 1.82) is 0 Å². The van der Waals surface area contributed by atoms with E-state index in [1.54, 1.807) is 18.2 Å². The van der Waals surface area contributed by atoms with Gasteiger partial charge in [0, 0.05) is 9.40 Å². The van der Waals surface area contributed by atoms with Crippen LogP contribution in [0.25, 0.3) is 0 Å². The highest BCUT2D eigenvalue weighted by atomic mass is 79.9. The molecule has 98 valence electrons. The summed E-state index contributed by atoms with van der Waals surface area (Å²) in [6.07, 6.45) is 0. The molecule has 1 heterocycles. The van der Waals surface area contributed by atoms with E-state index in [0.717, 1.165) is 4.47 Å². The third kappa shape index (κ3) is 2.47. The number of nitrogens with one attached hydrogen (secondary N) is 1. The molecular weight excluding hydrogens is 370 g/mol. The van der Waals surface area contributed by atoms with Gasteiger partial charge in [-0.1, -0.05) is 50.7 Å². The number of anilines is 1. The first-order valence-electron chi connectivity index (χ1n) is 4.69. The van der Waals surface area contributed by atoms with Crippen LogP contribution in [0.4, 0.5) is 5.69 Å². The number of benzene rings is 1. The number of rotatable bonds is 2. The second-order valence-corrected chi connectivity index (χ2v) is 6.88. The fraction of sp³-hybridized carbons (Fsp3) is 0.333. The molecule has 0 saturated heterocycles. The van der Waals surface area contributed by atoms with Crippen LogP contribution in [0.15, 0.2) is 22.7 Å². The molecule has 1 N–H and O–H groups in total. The van der Waals surface area contributed by atoms with Gasteiger partial charge in [0.1, 0.15) is 5.75 Å². The fourth-order valence-corrected chi connectivity index (χ4v) is 2.39. The summed E-state index contributed by atoms with van der Waals surface area (Å²) in [4.78, 5) is 10.1. The summed E-state index contributed by atoms with van der Waals surface area (Å²) >= 11 is 20.7. The van der Waals surface area contributed by atoms with Crippen molar-refractivity contribution in [2.75, 3.05) is 11.9 Å². The number of hydrogen-bond acceptors (Lipinski definition) is 4. The number of nitrogens with zero attached hydrogens (tertiary/aromatic N) is 1. The van der Waals surface area contributed by atoms with Crippen LogP contribution in [-0.2, 0) is 0 Å². The van der Waals surface area contributed by atoms with Crippen LogP contribution in [0.2, 0.25) is 0 Å². The minimum Gasteiger partial charge on any atom is -0.454 e. The zero-order chi connectivity index (χ0) is 13.6. The average Bonchev–Trinajstić information content (AvgIpc) is 2.54. The minimum atomic E-state index is -1.99. The topological polar surface area (TPSA) is 64.4 Å². The maximum atomic E-state index is 10.7. The van der Waals surface area contributed by atoms with Gasteiger partial charge in [-0.05, 0) is 18.2 Å². The van der Waals surface area contributed by atoms with Crippen LogP contribution in [-0.4, -0.2) is 21.0 Å². The second-order valence-electron chi connectivity index (χ2n) is 3.68. The fourth-order valence-electron chi connectivity index (χ4n) is 1.59. The van der Waals surface area contributed by atoms with Gasteiger partial charge in [0.15, 0.2) is 0 Å². The molecule has 1 aromatic rings. The molecule has 18 heavy (non-hydrogen) atoms. The van der Waals surface area contributed by atoms with Crippen LogP contribution in [0.3, 0.4) is 0 Å². The van der Waals surface area contributed by atoms with E-state index in [9.17, 15) is 10.1 Å². The average molecular weight is 376 g/mol. The Labute approximate surface area is 126 Å². The summed E-state index contributed by atoms with van der Waals surface area (Å²) in [5.74, 6) is 0.395. The van der Waals surface area contributed by atoms with Crippen LogP contribution in [0.1, 0.15) is 0 Å². The summed E-state index contributed by atoms with van der Waals surface area (Å²) < 4.78 is 4.24. The Kier molecular flexibility index (Phi) is 3.57. The van der Waals surface area contributed by atoms with Crippen LogP contribution in [0, 0.1) is 10.1 Å². The Morgan fingerprint density at radius 1 is 1.50 bits per heavy atom. The summed E-state index contributed by atoms with van der Waals surface area (Å²) in [5, 5.41) is 13.5. The van der Waals surface area contributed by atoms with Crippen molar-refractivity contribution in [3.8, 4) is 5.75 Å². The summed E-state index contributed by atoms with van der Waals surface area (Å²) in [7, 11) is 0. The smallest absolute Gasteiger partial charge is 0.292 e. The molecule has 1 atom stereocenters. The summed E-state index contributed by atoms with van der Waals surface area (Å²) in [6.45, 7) is -0.685. The molecule has 1 aliphatic heterocycles. The minimum absolute atomic E-state index is 0.395. The number of alkyl halides is 3. The predicted octanol–water partition coefficient (Wildman–Crippen LogP) is 3.60. The third-order valence-corrected chi connectivity index (χ3v) is 3.78. The molecule has 0 bridgehead atoms. The van der Waals surface area contributed by atoms with Gasteiger partial charge in [-0.2, -0.15) is 0 Å².